The molecule has 0 atom stereocenters. The molecule has 1 aromatic heterocycles. The highest BCUT2D eigenvalue weighted by Crippen LogP contribution is 2.22. The monoisotopic (exact) mass is 303 g/mol. The van der Waals surface area contributed by atoms with Gasteiger partial charge in [0, 0.05) is 6.20 Å². The Balaban J connectivity index is 1.91. The Morgan fingerprint density at radius 1 is 1.33 bits per heavy atom. The van der Waals surface area contributed by atoms with E-state index >= 15 is 0 Å². The van der Waals surface area contributed by atoms with Gasteiger partial charge in [-0.1, -0.05) is 24.3 Å². The Labute approximate surface area is 127 Å². The number of carbonyl (C=O) groups is 1. The van der Waals surface area contributed by atoms with Crippen molar-refractivity contribution < 1.29 is 9.53 Å². The average Bonchev–Trinajstić information content (AvgIpc) is 2.91. The molecule has 2 rings (SSSR count). The molecule has 0 saturated heterocycles. The second-order valence-corrected chi connectivity index (χ2v) is 6.25. The van der Waals surface area contributed by atoms with Crippen LogP contribution < -0.4 is 5.43 Å². The number of thiazole rings is 1. The lowest BCUT2D eigenvalue weighted by atomic mass is 10.1. The third-order valence-electron chi connectivity index (χ3n) is 2.40. The molecule has 0 saturated carbocycles. The highest BCUT2D eigenvalue weighted by Gasteiger charge is 2.15. The minimum Gasteiger partial charge on any atom is -0.443 e. The van der Waals surface area contributed by atoms with Crippen molar-refractivity contribution in [1.82, 2.24) is 10.4 Å². The van der Waals surface area contributed by atoms with Gasteiger partial charge in [0.05, 0.1) is 16.6 Å². The maximum atomic E-state index is 11.4. The predicted molar refractivity (Wildman–Crippen MR) is 84.5 cm³/mol. The van der Waals surface area contributed by atoms with Crippen molar-refractivity contribution in [3.8, 4) is 10.4 Å². The molecule has 0 fully saturated rings. The van der Waals surface area contributed by atoms with Gasteiger partial charge < -0.3 is 4.74 Å². The lowest BCUT2D eigenvalue weighted by Crippen LogP contribution is -2.29. The van der Waals surface area contributed by atoms with Gasteiger partial charge >= 0.3 is 6.09 Å². The molecular weight excluding hydrogens is 286 g/mol. The summed E-state index contributed by atoms with van der Waals surface area (Å²) in [4.78, 5) is 16.6. The lowest BCUT2D eigenvalue weighted by molar-refractivity contribution is 0.0529. The number of ether oxygens (including phenoxy) is 1. The second-order valence-electron chi connectivity index (χ2n) is 5.36. The summed E-state index contributed by atoms with van der Waals surface area (Å²) >= 11 is 1.59. The summed E-state index contributed by atoms with van der Waals surface area (Å²) in [5.41, 5.74) is 5.59. The van der Waals surface area contributed by atoms with E-state index in [0.717, 1.165) is 16.0 Å². The number of hydrogen-bond donors (Lipinski definition) is 1. The maximum Gasteiger partial charge on any atom is 0.428 e. The van der Waals surface area contributed by atoms with Crippen molar-refractivity contribution in [2.75, 3.05) is 0 Å². The van der Waals surface area contributed by atoms with Gasteiger partial charge in [0.2, 0.25) is 0 Å². The van der Waals surface area contributed by atoms with Crippen LogP contribution >= 0.6 is 11.3 Å². The lowest BCUT2D eigenvalue weighted by Gasteiger charge is -2.18. The molecule has 1 amide bonds. The SMILES string of the molecule is CC(C)(C)OC(=O)NN=Cc1ccc(-c2cncs2)cc1. The van der Waals surface area contributed by atoms with Gasteiger partial charge in [-0.3, -0.25) is 4.98 Å². The van der Waals surface area contributed by atoms with E-state index in [1.165, 1.54) is 0 Å². The molecule has 0 unspecified atom stereocenters. The first kappa shape index (κ1) is 15.2. The molecule has 6 heteroatoms. The van der Waals surface area contributed by atoms with Gasteiger partial charge in [0.1, 0.15) is 5.60 Å². The number of benzene rings is 1. The van der Waals surface area contributed by atoms with E-state index in [1.54, 1.807) is 43.8 Å². The fraction of sp³-hybridized carbons (Fsp3) is 0.267. The highest BCUT2D eigenvalue weighted by atomic mass is 32.1. The Kier molecular flexibility index (Phi) is 4.70. The molecule has 1 N–H and O–H groups in total. The molecule has 5 nitrogen and oxygen atoms in total. The first-order chi connectivity index (χ1) is 9.94. The van der Waals surface area contributed by atoms with E-state index in [4.69, 9.17) is 4.74 Å². The van der Waals surface area contributed by atoms with Crippen LogP contribution in [-0.2, 0) is 4.74 Å². The summed E-state index contributed by atoms with van der Waals surface area (Å²) in [6, 6.07) is 7.83. The van der Waals surface area contributed by atoms with E-state index in [0.29, 0.717) is 0 Å². The number of hydrazone groups is 1. The van der Waals surface area contributed by atoms with Crippen LogP contribution in [0.1, 0.15) is 26.3 Å². The predicted octanol–water partition coefficient (Wildman–Crippen LogP) is 3.67. The van der Waals surface area contributed by atoms with E-state index in [9.17, 15) is 4.79 Å². The summed E-state index contributed by atoms with van der Waals surface area (Å²) in [7, 11) is 0. The Morgan fingerprint density at radius 2 is 2.05 bits per heavy atom. The first-order valence-corrected chi connectivity index (χ1v) is 7.33. The van der Waals surface area contributed by atoms with Crippen molar-refractivity contribution in [1.29, 1.82) is 0 Å². The van der Waals surface area contributed by atoms with Crippen LogP contribution in [0.3, 0.4) is 0 Å². The topological polar surface area (TPSA) is 63.6 Å². The fourth-order valence-corrected chi connectivity index (χ4v) is 2.18. The number of rotatable bonds is 3. The smallest absolute Gasteiger partial charge is 0.428 e. The quantitative estimate of drug-likeness (QED) is 0.695. The van der Waals surface area contributed by atoms with Crippen LogP contribution in [0, 0.1) is 0 Å². The van der Waals surface area contributed by atoms with Gasteiger partial charge in [-0.05, 0) is 31.9 Å². The largest absolute Gasteiger partial charge is 0.443 e. The molecule has 1 aromatic carbocycles. The molecule has 0 aliphatic rings. The molecule has 21 heavy (non-hydrogen) atoms. The van der Waals surface area contributed by atoms with Gasteiger partial charge in [0.15, 0.2) is 0 Å². The molecule has 1 heterocycles. The third-order valence-corrected chi connectivity index (χ3v) is 3.22. The summed E-state index contributed by atoms with van der Waals surface area (Å²) in [6.45, 7) is 5.40. The van der Waals surface area contributed by atoms with Crippen LogP contribution in [0.4, 0.5) is 4.79 Å². The molecule has 0 radical (unpaired) electrons. The minimum absolute atomic E-state index is 0.532. The van der Waals surface area contributed by atoms with Crippen molar-refractivity contribution in [2.45, 2.75) is 26.4 Å². The summed E-state index contributed by atoms with van der Waals surface area (Å²) in [5, 5.41) is 3.86. The molecule has 0 aliphatic carbocycles. The molecule has 0 bridgehead atoms. The Morgan fingerprint density at radius 3 is 2.62 bits per heavy atom. The number of nitrogens with one attached hydrogen (secondary N) is 1. The van der Waals surface area contributed by atoms with Gasteiger partial charge in [-0.2, -0.15) is 5.10 Å². The zero-order chi connectivity index (χ0) is 15.3. The summed E-state index contributed by atoms with van der Waals surface area (Å²) in [6.07, 6.45) is 2.83. The number of nitrogens with zero attached hydrogens (tertiary/aromatic N) is 2. The standard InChI is InChI=1S/C15H17N3O2S/c1-15(2,3)20-14(19)18-17-8-11-4-6-12(7-5-11)13-9-16-10-21-13/h4-10H,1-3H3,(H,18,19). The third kappa shape index (κ3) is 5.00. The van der Waals surface area contributed by atoms with Crippen LogP contribution in [-0.4, -0.2) is 22.9 Å². The minimum atomic E-state index is -0.569. The number of amides is 1. The zero-order valence-corrected chi connectivity index (χ0v) is 13.0. The first-order valence-electron chi connectivity index (χ1n) is 6.45. The molecular formula is C15H17N3O2S. The van der Waals surface area contributed by atoms with Crippen LogP contribution in [0.2, 0.25) is 0 Å². The van der Waals surface area contributed by atoms with Crippen molar-refractivity contribution >= 4 is 23.6 Å². The van der Waals surface area contributed by atoms with Gasteiger partial charge in [-0.15, -0.1) is 11.3 Å². The maximum absolute atomic E-state index is 11.4. The Bertz CT molecular complexity index is 613. The highest BCUT2D eigenvalue weighted by molar-refractivity contribution is 7.13. The van der Waals surface area contributed by atoms with Crippen molar-refractivity contribution in [3.05, 3.63) is 41.5 Å². The number of hydrogen-bond acceptors (Lipinski definition) is 5. The van der Waals surface area contributed by atoms with Crippen LogP contribution in [0.5, 0.6) is 0 Å². The van der Waals surface area contributed by atoms with Gasteiger partial charge in [0.25, 0.3) is 0 Å². The molecule has 0 aliphatic heterocycles. The van der Waals surface area contributed by atoms with Crippen LogP contribution in [0.25, 0.3) is 10.4 Å². The summed E-state index contributed by atoms with van der Waals surface area (Å²) in [5.74, 6) is 0. The van der Waals surface area contributed by atoms with E-state index in [1.807, 2.05) is 30.5 Å². The van der Waals surface area contributed by atoms with Crippen molar-refractivity contribution in [2.24, 2.45) is 5.10 Å². The van der Waals surface area contributed by atoms with E-state index < -0.39 is 11.7 Å². The molecule has 2 aromatic rings. The second kappa shape index (κ2) is 6.49. The normalized spacial score (nSPS) is 11.6. The Hall–Kier alpha value is -2.21. The zero-order valence-electron chi connectivity index (χ0n) is 12.2. The van der Waals surface area contributed by atoms with Crippen molar-refractivity contribution in [3.63, 3.8) is 0 Å². The molecule has 0 spiro atoms. The number of aromatic nitrogens is 1. The fourth-order valence-electron chi connectivity index (χ4n) is 1.55. The van der Waals surface area contributed by atoms with Crippen LogP contribution in [0.15, 0.2) is 41.1 Å². The molecule has 110 valence electrons. The summed E-state index contributed by atoms with van der Waals surface area (Å²) < 4.78 is 5.07. The van der Waals surface area contributed by atoms with E-state index in [-0.39, 0.29) is 0 Å². The average molecular weight is 303 g/mol. The van der Waals surface area contributed by atoms with Gasteiger partial charge in [-0.25, -0.2) is 10.2 Å². The number of carbonyl (C=O) groups excluding carboxylic acids is 1. The van der Waals surface area contributed by atoms with E-state index in [2.05, 4.69) is 15.5 Å².